The highest BCUT2D eigenvalue weighted by molar-refractivity contribution is 5.46. The van der Waals surface area contributed by atoms with E-state index in [1.165, 1.54) is 11.3 Å². The number of nitrogens with two attached hydrogens (primary N) is 1. The average molecular weight is 277 g/mol. The van der Waals surface area contributed by atoms with E-state index in [-0.39, 0.29) is 0 Å². The fourth-order valence-electron chi connectivity index (χ4n) is 2.19. The number of hydrogen-bond donors (Lipinski definition) is 1. The zero-order valence-electron chi connectivity index (χ0n) is 13.9. The topological polar surface area (TPSA) is 32.5 Å². The fraction of sp³-hybridized carbons (Fsp3) is 0.647. The van der Waals surface area contributed by atoms with E-state index in [4.69, 9.17) is 5.73 Å². The van der Waals surface area contributed by atoms with Crippen LogP contribution >= 0.6 is 0 Å². The van der Waals surface area contributed by atoms with Crippen molar-refractivity contribution in [3.63, 3.8) is 0 Å². The van der Waals surface area contributed by atoms with Crippen molar-refractivity contribution in [2.75, 3.05) is 32.6 Å². The van der Waals surface area contributed by atoms with Crippen molar-refractivity contribution in [1.29, 1.82) is 0 Å². The molecule has 3 nitrogen and oxygen atoms in total. The number of nitrogens with zero attached hydrogens (tertiary/aromatic N) is 2. The lowest BCUT2D eigenvalue weighted by molar-refractivity contribution is 0.243. The van der Waals surface area contributed by atoms with E-state index in [1.807, 2.05) is 0 Å². The molecule has 0 saturated heterocycles. The fourth-order valence-corrected chi connectivity index (χ4v) is 2.19. The minimum absolute atomic E-state index is 0.292. The van der Waals surface area contributed by atoms with E-state index in [9.17, 15) is 0 Å². The third-order valence-corrected chi connectivity index (χ3v) is 4.22. The van der Waals surface area contributed by atoms with Crippen LogP contribution in [0, 0.1) is 5.92 Å². The van der Waals surface area contributed by atoms with Gasteiger partial charge in [0.2, 0.25) is 0 Å². The minimum atomic E-state index is 0.292. The van der Waals surface area contributed by atoms with Crippen LogP contribution < -0.4 is 10.6 Å². The summed E-state index contributed by atoms with van der Waals surface area (Å²) in [6.07, 6.45) is 1.05. The van der Waals surface area contributed by atoms with Gasteiger partial charge in [0.15, 0.2) is 0 Å². The van der Waals surface area contributed by atoms with Gasteiger partial charge in [0.25, 0.3) is 0 Å². The Kier molecular flexibility index (Phi) is 6.50. The van der Waals surface area contributed by atoms with E-state index in [1.54, 1.807) is 0 Å². The van der Waals surface area contributed by atoms with Gasteiger partial charge in [-0.2, -0.15) is 0 Å². The molecule has 1 aromatic carbocycles. The van der Waals surface area contributed by atoms with Crippen molar-refractivity contribution in [2.24, 2.45) is 11.7 Å². The maximum atomic E-state index is 6.12. The summed E-state index contributed by atoms with van der Waals surface area (Å²) in [5.74, 6) is 0.554. The third-order valence-electron chi connectivity index (χ3n) is 4.22. The van der Waals surface area contributed by atoms with Gasteiger partial charge in [0.05, 0.1) is 0 Å². The van der Waals surface area contributed by atoms with Crippen LogP contribution in [0.1, 0.15) is 38.8 Å². The predicted octanol–water partition coefficient (Wildman–Crippen LogP) is 3.12. The van der Waals surface area contributed by atoms with Crippen molar-refractivity contribution < 1.29 is 0 Å². The molecule has 2 unspecified atom stereocenters. The van der Waals surface area contributed by atoms with Crippen LogP contribution in [-0.2, 0) is 0 Å². The number of anilines is 1. The van der Waals surface area contributed by atoms with Crippen molar-refractivity contribution in [2.45, 2.75) is 39.3 Å². The Hall–Kier alpha value is -1.06. The normalized spacial score (nSPS) is 14.7. The van der Waals surface area contributed by atoms with Gasteiger partial charge in [-0.1, -0.05) is 26.0 Å². The summed E-state index contributed by atoms with van der Waals surface area (Å²) in [6, 6.07) is 9.52. The molecule has 0 heterocycles. The highest BCUT2D eigenvalue weighted by atomic mass is 15.1. The molecule has 0 saturated carbocycles. The van der Waals surface area contributed by atoms with Gasteiger partial charge in [-0.3, -0.25) is 4.90 Å². The summed E-state index contributed by atoms with van der Waals surface area (Å²) in [5.41, 5.74) is 8.72. The lowest BCUT2D eigenvalue weighted by Gasteiger charge is -2.27. The van der Waals surface area contributed by atoms with Gasteiger partial charge in [0.1, 0.15) is 0 Å². The molecule has 2 N–H and O–H groups in total. The summed E-state index contributed by atoms with van der Waals surface area (Å²) >= 11 is 0. The summed E-state index contributed by atoms with van der Waals surface area (Å²) in [4.78, 5) is 4.51. The number of hydrogen-bond acceptors (Lipinski definition) is 3. The van der Waals surface area contributed by atoms with Gasteiger partial charge >= 0.3 is 0 Å². The molecule has 0 spiro atoms. The zero-order valence-corrected chi connectivity index (χ0v) is 13.9. The molecule has 0 aromatic heterocycles. The molecule has 20 heavy (non-hydrogen) atoms. The van der Waals surface area contributed by atoms with E-state index >= 15 is 0 Å². The van der Waals surface area contributed by atoms with Crippen molar-refractivity contribution in [3.8, 4) is 0 Å². The molecule has 2 atom stereocenters. The molecular formula is C17H31N3. The molecule has 0 aliphatic heterocycles. The Bertz CT molecular complexity index is 384. The summed E-state index contributed by atoms with van der Waals surface area (Å²) in [6.45, 7) is 7.67. The molecule has 0 aliphatic carbocycles. The minimum Gasteiger partial charge on any atom is -0.378 e. The van der Waals surface area contributed by atoms with E-state index in [2.05, 4.69) is 76.0 Å². The molecule has 114 valence electrons. The lowest BCUT2D eigenvalue weighted by atomic mass is 10.0. The lowest BCUT2D eigenvalue weighted by Crippen LogP contribution is -2.32. The largest absolute Gasteiger partial charge is 0.378 e. The molecule has 0 radical (unpaired) electrons. The Morgan fingerprint density at radius 2 is 1.55 bits per heavy atom. The summed E-state index contributed by atoms with van der Waals surface area (Å²) < 4.78 is 0. The van der Waals surface area contributed by atoms with Crippen molar-refractivity contribution >= 4 is 5.69 Å². The summed E-state index contributed by atoms with van der Waals surface area (Å²) in [7, 11) is 6.31. The first kappa shape index (κ1) is 17.0. The Labute approximate surface area is 124 Å². The molecule has 1 rings (SSSR count). The van der Waals surface area contributed by atoms with Gasteiger partial charge < -0.3 is 10.6 Å². The van der Waals surface area contributed by atoms with E-state index in [0.717, 1.165) is 13.0 Å². The summed E-state index contributed by atoms with van der Waals surface area (Å²) in [5, 5.41) is 0. The van der Waals surface area contributed by atoms with Crippen molar-refractivity contribution in [3.05, 3.63) is 29.8 Å². The molecule has 0 bridgehead atoms. The highest BCUT2D eigenvalue weighted by Crippen LogP contribution is 2.22. The van der Waals surface area contributed by atoms with Crippen molar-refractivity contribution in [1.82, 2.24) is 4.90 Å². The van der Waals surface area contributed by atoms with Crippen LogP contribution in [0.2, 0.25) is 0 Å². The maximum absolute atomic E-state index is 6.12. The molecule has 3 heteroatoms. The SMILES string of the molecule is CC(C)C(N)CCN(C)C(C)c1ccc(N(C)C)cc1. The van der Waals surface area contributed by atoms with Gasteiger partial charge in [-0.15, -0.1) is 0 Å². The molecular weight excluding hydrogens is 246 g/mol. The second-order valence-electron chi connectivity index (χ2n) is 6.34. The number of rotatable bonds is 7. The van der Waals surface area contributed by atoms with Crippen LogP contribution in [0.4, 0.5) is 5.69 Å². The van der Waals surface area contributed by atoms with Crippen LogP contribution in [0.5, 0.6) is 0 Å². The second kappa shape index (κ2) is 7.65. The smallest absolute Gasteiger partial charge is 0.0361 e. The first-order chi connectivity index (χ1) is 9.32. The van der Waals surface area contributed by atoms with Crippen LogP contribution in [0.15, 0.2) is 24.3 Å². The van der Waals surface area contributed by atoms with Crippen LogP contribution in [0.25, 0.3) is 0 Å². The Morgan fingerprint density at radius 3 is 2.00 bits per heavy atom. The molecule has 0 aliphatic rings. The first-order valence-corrected chi connectivity index (χ1v) is 7.56. The van der Waals surface area contributed by atoms with E-state index < -0.39 is 0 Å². The standard InChI is InChI=1S/C17H31N3/c1-13(2)17(18)11-12-20(6)14(3)15-7-9-16(10-8-15)19(4)5/h7-10,13-14,17H,11-12,18H2,1-6H3. The quantitative estimate of drug-likeness (QED) is 0.831. The zero-order chi connectivity index (χ0) is 15.3. The highest BCUT2D eigenvalue weighted by Gasteiger charge is 2.14. The van der Waals surface area contributed by atoms with Gasteiger partial charge in [0, 0.05) is 31.9 Å². The first-order valence-electron chi connectivity index (χ1n) is 7.56. The van der Waals surface area contributed by atoms with Gasteiger partial charge in [-0.25, -0.2) is 0 Å². The molecule has 0 amide bonds. The third kappa shape index (κ3) is 4.80. The van der Waals surface area contributed by atoms with Crippen LogP contribution in [0.3, 0.4) is 0 Å². The monoisotopic (exact) mass is 277 g/mol. The Balaban J connectivity index is 2.57. The average Bonchev–Trinajstić information content (AvgIpc) is 2.43. The molecule has 1 aromatic rings. The van der Waals surface area contributed by atoms with Crippen LogP contribution in [-0.4, -0.2) is 38.6 Å². The second-order valence-corrected chi connectivity index (χ2v) is 6.34. The molecule has 0 fully saturated rings. The Morgan fingerprint density at radius 1 is 1.00 bits per heavy atom. The van der Waals surface area contributed by atoms with Gasteiger partial charge in [-0.05, 0) is 50.6 Å². The van der Waals surface area contributed by atoms with E-state index in [0.29, 0.717) is 18.0 Å². The number of benzene rings is 1. The predicted molar refractivity (Wildman–Crippen MR) is 89.2 cm³/mol. The maximum Gasteiger partial charge on any atom is 0.0361 e.